The fourth-order valence-corrected chi connectivity index (χ4v) is 2.61. The van der Waals surface area contributed by atoms with Crippen molar-refractivity contribution in [3.63, 3.8) is 0 Å². The van der Waals surface area contributed by atoms with E-state index in [4.69, 9.17) is 4.74 Å². The van der Waals surface area contributed by atoms with Gasteiger partial charge in [0.05, 0.1) is 7.11 Å². The summed E-state index contributed by atoms with van der Waals surface area (Å²) in [5.41, 5.74) is 0.759. The quantitative estimate of drug-likeness (QED) is 0.792. The molecular weight excluding hydrogens is 322 g/mol. The molecule has 1 aliphatic rings. The molecule has 1 aliphatic carbocycles. The number of benzene rings is 1. The second-order valence-electron chi connectivity index (χ2n) is 5.05. The lowest BCUT2D eigenvalue weighted by Gasteiger charge is -2.33. The van der Waals surface area contributed by atoms with Crippen molar-refractivity contribution >= 4 is 27.8 Å². The zero-order chi connectivity index (χ0) is 14.7. The predicted octanol–water partition coefficient (Wildman–Crippen LogP) is 2.92. The van der Waals surface area contributed by atoms with E-state index >= 15 is 0 Å². The highest BCUT2D eigenvalue weighted by Crippen LogP contribution is 2.31. The van der Waals surface area contributed by atoms with Crippen molar-refractivity contribution in [2.75, 3.05) is 14.2 Å². The van der Waals surface area contributed by atoms with Gasteiger partial charge in [0.25, 0.3) is 0 Å². The number of likely N-dealkylation sites (N-methyl/N-ethyl adjacent to an activating group) is 1. The number of hydrogen-bond donors (Lipinski definition) is 0. The van der Waals surface area contributed by atoms with E-state index in [0.29, 0.717) is 0 Å². The zero-order valence-corrected chi connectivity index (χ0v) is 13.2. The third kappa shape index (κ3) is 3.03. The Kier molecular flexibility index (Phi) is 4.81. The minimum atomic E-state index is -0.679. The molecule has 1 amide bonds. The van der Waals surface area contributed by atoms with Gasteiger partial charge < -0.3 is 9.64 Å². The lowest BCUT2D eigenvalue weighted by Crippen LogP contribution is -2.41. The molecule has 0 saturated heterocycles. The van der Waals surface area contributed by atoms with E-state index in [1.165, 1.54) is 12.0 Å². The first kappa shape index (κ1) is 15.0. The number of rotatable bonds is 4. The summed E-state index contributed by atoms with van der Waals surface area (Å²) >= 11 is 3.36. The molecule has 0 heterocycles. The van der Waals surface area contributed by atoms with Crippen molar-refractivity contribution in [1.82, 2.24) is 4.90 Å². The number of halogens is 1. The fourth-order valence-electron chi connectivity index (χ4n) is 2.34. The highest BCUT2D eigenvalue weighted by molar-refractivity contribution is 9.10. The van der Waals surface area contributed by atoms with Gasteiger partial charge in [-0.25, -0.2) is 4.79 Å². The van der Waals surface area contributed by atoms with Gasteiger partial charge in [0.15, 0.2) is 6.04 Å². The van der Waals surface area contributed by atoms with Gasteiger partial charge in [-0.2, -0.15) is 0 Å². The van der Waals surface area contributed by atoms with Crippen molar-refractivity contribution in [3.8, 4) is 0 Å². The van der Waals surface area contributed by atoms with Crippen LogP contribution in [-0.4, -0.2) is 30.9 Å². The molecule has 0 bridgehead atoms. The van der Waals surface area contributed by atoms with Crippen LogP contribution in [0, 0.1) is 5.92 Å². The van der Waals surface area contributed by atoms with Crippen LogP contribution >= 0.6 is 15.9 Å². The Morgan fingerprint density at radius 3 is 2.35 bits per heavy atom. The van der Waals surface area contributed by atoms with Gasteiger partial charge in [0.2, 0.25) is 5.91 Å². The Hall–Kier alpha value is -1.36. The second kappa shape index (κ2) is 6.39. The maximum atomic E-state index is 12.3. The van der Waals surface area contributed by atoms with Crippen LogP contribution in [0.2, 0.25) is 0 Å². The Morgan fingerprint density at radius 1 is 1.30 bits per heavy atom. The normalized spacial score (nSPS) is 16.1. The van der Waals surface area contributed by atoms with Gasteiger partial charge >= 0.3 is 5.97 Å². The standard InChI is InChI=1S/C15H18BrNO3/c1-17(14(18)11-4-3-5-11)13(15(19)20-2)10-6-8-12(16)9-7-10/h6-9,11,13H,3-5H2,1-2H3. The lowest BCUT2D eigenvalue weighted by atomic mass is 9.84. The van der Waals surface area contributed by atoms with Crippen LogP contribution in [0.5, 0.6) is 0 Å². The fraction of sp³-hybridized carbons (Fsp3) is 0.467. The van der Waals surface area contributed by atoms with Gasteiger partial charge in [-0.1, -0.05) is 34.5 Å². The summed E-state index contributed by atoms with van der Waals surface area (Å²) < 4.78 is 5.78. The summed E-state index contributed by atoms with van der Waals surface area (Å²) in [6, 6.07) is 6.69. The summed E-state index contributed by atoms with van der Waals surface area (Å²) in [6.07, 6.45) is 2.92. The van der Waals surface area contributed by atoms with E-state index in [2.05, 4.69) is 15.9 Å². The number of carbonyl (C=O) groups excluding carboxylic acids is 2. The van der Waals surface area contributed by atoms with Crippen molar-refractivity contribution < 1.29 is 14.3 Å². The van der Waals surface area contributed by atoms with Gasteiger partial charge in [0.1, 0.15) is 0 Å². The Labute approximate surface area is 127 Å². The van der Waals surface area contributed by atoms with Crippen molar-refractivity contribution in [2.24, 2.45) is 5.92 Å². The molecular formula is C15H18BrNO3. The van der Waals surface area contributed by atoms with Crippen LogP contribution in [0.25, 0.3) is 0 Å². The van der Waals surface area contributed by atoms with Crippen LogP contribution in [0.1, 0.15) is 30.9 Å². The van der Waals surface area contributed by atoms with Gasteiger partial charge in [0, 0.05) is 17.4 Å². The molecule has 0 aliphatic heterocycles. The van der Waals surface area contributed by atoms with E-state index < -0.39 is 12.0 Å². The number of amides is 1. The summed E-state index contributed by atoms with van der Waals surface area (Å²) in [5.74, 6) is -0.334. The maximum absolute atomic E-state index is 12.3. The van der Waals surface area contributed by atoms with E-state index in [1.54, 1.807) is 7.05 Å². The second-order valence-corrected chi connectivity index (χ2v) is 5.97. The zero-order valence-electron chi connectivity index (χ0n) is 11.6. The van der Waals surface area contributed by atoms with Crippen LogP contribution in [-0.2, 0) is 14.3 Å². The molecule has 1 aromatic rings. The first-order chi connectivity index (χ1) is 9.54. The van der Waals surface area contributed by atoms with E-state index in [9.17, 15) is 9.59 Å². The average Bonchev–Trinajstić information content (AvgIpc) is 2.38. The van der Waals surface area contributed by atoms with Gasteiger partial charge in [-0.15, -0.1) is 0 Å². The third-order valence-electron chi connectivity index (χ3n) is 3.80. The SMILES string of the molecule is COC(=O)C(c1ccc(Br)cc1)N(C)C(=O)C1CCC1. The molecule has 0 aromatic heterocycles. The predicted molar refractivity (Wildman–Crippen MR) is 79.0 cm³/mol. The van der Waals surface area contributed by atoms with E-state index in [0.717, 1.165) is 29.3 Å². The minimum absolute atomic E-state index is 0.0227. The molecule has 1 aromatic carbocycles. The highest BCUT2D eigenvalue weighted by atomic mass is 79.9. The first-order valence-electron chi connectivity index (χ1n) is 6.64. The number of esters is 1. The largest absolute Gasteiger partial charge is 0.467 e. The number of methoxy groups -OCH3 is 1. The molecule has 1 fully saturated rings. The topological polar surface area (TPSA) is 46.6 Å². The molecule has 20 heavy (non-hydrogen) atoms. The monoisotopic (exact) mass is 339 g/mol. The molecule has 108 valence electrons. The number of carbonyl (C=O) groups is 2. The van der Waals surface area contributed by atoms with Crippen LogP contribution in [0.15, 0.2) is 28.7 Å². The smallest absolute Gasteiger partial charge is 0.333 e. The summed E-state index contributed by atoms with van der Waals surface area (Å²) in [6.45, 7) is 0. The molecule has 1 unspecified atom stereocenters. The molecule has 1 atom stereocenters. The Balaban J connectivity index is 2.24. The summed E-state index contributed by atoms with van der Waals surface area (Å²) in [7, 11) is 3.01. The van der Waals surface area contributed by atoms with Crippen LogP contribution in [0.4, 0.5) is 0 Å². The van der Waals surface area contributed by atoms with E-state index in [-0.39, 0.29) is 11.8 Å². The molecule has 4 nitrogen and oxygen atoms in total. The van der Waals surface area contributed by atoms with Crippen molar-refractivity contribution in [2.45, 2.75) is 25.3 Å². The highest BCUT2D eigenvalue weighted by Gasteiger charge is 2.35. The molecule has 0 N–H and O–H groups in total. The molecule has 0 spiro atoms. The average molecular weight is 340 g/mol. The molecule has 2 rings (SSSR count). The lowest BCUT2D eigenvalue weighted by molar-refractivity contribution is -0.154. The third-order valence-corrected chi connectivity index (χ3v) is 4.33. The number of nitrogens with zero attached hydrogens (tertiary/aromatic N) is 1. The van der Waals surface area contributed by atoms with Crippen LogP contribution < -0.4 is 0 Å². The summed E-state index contributed by atoms with van der Waals surface area (Å²) in [4.78, 5) is 25.9. The van der Waals surface area contributed by atoms with Gasteiger partial charge in [-0.05, 0) is 30.5 Å². The molecule has 5 heteroatoms. The maximum Gasteiger partial charge on any atom is 0.333 e. The van der Waals surface area contributed by atoms with Crippen molar-refractivity contribution in [1.29, 1.82) is 0 Å². The Bertz CT molecular complexity index is 496. The van der Waals surface area contributed by atoms with E-state index in [1.807, 2.05) is 24.3 Å². The molecule has 0 radical (unpaired) electrons. The van der Waals surface area contributed by atoms with Crippen LogP contribution in [0.3, 0.4) is 0 Å². The number of hydrogen-bond acceptors (Lipinski definition) is 3. The first-order valence-corrected chi connectivity index (χ1v) is 7.44. The minimum Gasteiger partial charge on any atom is -0.467 e. The van der Waals surface area contributed by atoms with Crippen molar-refractivity contribution in [3.05, 3.63) is 34.3 Å². The van der Waals surface area contributed by atoms with Gasteiger partial charge in [-0.3, -0.25) is 4.79 Å². The molecule has 1 saturated carbocycles. The number of ether oxygens (including phenoxy) is 1. The Morgan fingerprint density at radius 2 is 1.90 bits per heavy atom. The summed E-state index contributed by atoms with van der Waals surface area (Å²) in [5, 5.41) is 0.